The first-order valence-corrected chi connectivity index (χ1v) is 7.47. The summed E-state index contributed by atoms with van der Waals surface area (Å²) >= 11 is 0. The zero-order valence-electron chi connectivity index (χ0n) is 11.6. The maximum Gasteiger partial charge on any atom is 0.123 e. The molecule has 0 spiro atoms. The zero-order valence-corrected chi connectivity index (χ0v) is 11.6. The van der Waals surface area contributed by atoms with E-state index in [0.717, 1.165) is 31.0 Å². The van der Waals surface area contributed by atoms with Crippen LogP contribution in [0.4, 0.5) is 4.39 Å². The SMILES string of the molecule is NC(CCNCC1CCCCC1)c1ccc(F)cc1. The molecule has 0 bridgehead atoms. The molecule has 1 aliphatic carbocycles. The number of halogens is 1. The van der Waals surface area contributed by atoms with Gasteiger partial charge in [0.15, 0.2) is 0 Å². The third kappa shape index (κ3) is 4.92. The quantitative estimate of drug-likeness (QED) is 0.773. The lowest BCUT2D eigenvalue weighted by Gasteiger charge is -2.22. The molecule has 1 atom stereocenters. The number of rotatable bonds is 6. The van der Waals surface area contributed by atoms with Crippen LogP contribution >= 0.6 is 0 Å². The summed E-state index contributed by atoms with van der Waals surface area (Å²) in [5.74, 6) is 0.655. The van der Waals surface area contributed by atoms with Crippen LogP contribution in [0.2, 0.25) is 0 Å². The molecular formula is C16H25FN2. The summed E-state index contributed by atoms with van der Waals surface area (Å²) in [5, 5.41) is 3.51. The van der Waals surface area contributed by atoms with Gasteiger partial charge in [0.05, 0.1) is 0 Å². The van der Waals surface area contributed by atoms with Crippen LogP contribution in [0.15, 0.2) is 24.3 Å². The van der Waals surface area contributed by atoms with Crippen LogP contribution in [-0.4, -0.2) is 13.1 Å². The van der Waals surface area contributed by atoms with E-state index in [1.165, 1.54) is 44.2 Å². The fourth-order valence-electron chi connectivity index (χ4n) is 2.83. The second-order valence-corrected chi connectivity index (χ2v) is 5.65. The van der Waals surface area contributed by atoms with Gasteiger partial charge in [0.1, 0.15) is 5.82 Å². The topological polar surface area (TPSA) is 38.0 Å². The lowest BCUT2D eigenvalue weighted by atomic mass is 9.89. The molecule has 0 aromatic heterocycles. The van der Waals surface area contributed by atoms with Crippen molar-refractivity contribution in [1.82, 2.24) is 5.32 Å². The average molecular weight is 264 g/mol. The predicted octanol–water partition coefficient (Wildman–Crippen LogP) is 3.39. The van der Waals surface area contributed by atoms with Gasteiger partial charge in [0.25, 0.3) is 0 Å². The highest BCUT2D eigenvalue weighted by Gasteiger charge is 2.12. The minimum Gasteiger partial charge on any atom is -0.324 e. The van der Waals surface area contributed by atoms with Crippen LogP contribution in [0.5, 0.6) is 0 Å². The standard InChI is InChI=1S/C16H25FN2/c17-15-8-6-14(7-9-15)16(18)10-11-19-12-13-4-2-1-3-5-13/h6-9,13,16,19H,1-5,10-12,18H2. The molecule has 1 unspecified atom stereocenters. The lowest BCUT2D eigenvalue weighted by molar-refractivity contribution is 0.340. The van der Waals surface area contributed by atoms with Crippen molar-refractivity contribution < 1.29 is 4.39 Å². The van der Waals surface area contributed by atoms with Gasteiger partial charge in [-0.1, -0.05) is 31.4 Å². The molecule has 0 aliphatic heterocycles. The summed E-state index contributed by atoms with van der Waals surface area (Å²) in [7, 11) is 0. The summed E-state index contributed by atoms with van der Waals surface area (Å²) in [5.41, 5.74) is 7.12. The van der Waals surface area contributed by atoms with E-state index in [4.69, 9.17) is 5.73 Å². The first-order chi connectivity index (χ1) is 9.25. The van der Waals surface area contributed by atoms with E-state index < -0.39 is 0 Å². The molecular weight excluding hydrogens is 239 g/mol. The molecule has 0 heterocycles. The second-order valence-electron chi connectivity index (χ2n) is 5.65. The number of nitrogens with two attached hydrogens (primary N) is 1. The predicted molar refractivity (Wildman–Crippen MR) is 77.4 cm³/mol. The molecule has 0 saturated heterocycles. The Balaban J connectivity index is 1.63. The molecule has 1 fully saturated rings. The van der Waals surface area contributed by atoms with Crippen molar-refractivity contribution in [3.63, 3.8) is 0 Å². The third-order valence-electron chi connectivity index (χ3n) is 4.09. The number of hydrogen-bond acceptors (Lipinski definition) is 2. The summed E-state index contributed by atoms with van der Waals surface area (Å²) in [6.07, 6.45) is 7.83. The minimum atomic E-state index is -0.202. The highest BCUT2D eigenvalue weighted by Crippen LogP contribution is 2.22. The summed E-state index contributed by atoms with van der Waals surface area (Å²) in [6.45, 7) is 2.06. The maximum atomic E-state index is 12.8. The van der Waals surface area contributed by atoms with Crippen molar-refractivity contribution in [2.45, 2.75) is 44.6 Å². The summed E-state index contributed by atoms with van der Waals surface area (Å²) < 4.78 is 12.8. The molecule has 2 nitrogen and oxygen atoms in total. The van der Waals surface area contributed by atoms with Gasteiger partial charge in [-0.15, -0.1) is 0 Å². The minimum absolute atomic E-state index is 0.000504. The zero-order chi connectivity index (χ0) is 13.5. The molecule has 3 heteroatoms. The van der Waals surface area contributed by atoms with Crippen LogP contribution in [-0.2, 0) is 0 Å². The molecule has 1 saturated carbocycles. The summed E-state index contributed by atoms with van der Waals surface area (Å²) in [6, 6.07) is 6.51. The lowest BCUT2D eigenvalue weighted by Crippen LogP contribution is -2.27. The van der Waals surface area contributed by atoms with Crippen LogP contribution in [0.25, 0.3) is 0 Å². The van der Waals surface area contributed by atoms with Crippen molar-refractivity contribution >= 4 is 0 Å². The molecule has 3 N–H and O–H groups in total. The van der Waals surface area contributed by atoms with Crippen LogP contribution < -0.4 is 11.1 Å². The van der Waals surface area contributed by atoms with E-state index >= 15 is 0 Å². The molecule has 106 valence electrons. The van der Waals surface area contributed by atoms with Crippen molar-refractivity contribution in [3.05, 3.63) is 35.6 Å². The molecule has 0 amide bonds. The van der Waals surface area contributed by atoms with Gasteiger partial charge < -0.3 is 11.1 Å². The fourth-order valence-corrected chi connectivity index (χ4v) is 2.83. The van der Waals surface area contributed by atoms with Crippen LogP contribution in [0, 0.1) is 11.7 Å². The van der Waals surface area contributed by atoms with E-state index in [0.29, 0.717) is 0 Å². The van der Waals surface area contributed by atoms with Gasteiger partial charge in [0, 0.05) is 6.04 Å². The van der Waals surface area contributed by atoms with Crippen LogP contribution in [0.1, 0.15) is 50.1 Å². The molecule has 19 heavy (non-hydrogen) atoms. The van der Waals surface area contributed by atoms with E-state index in [1.54, 1.807) is 12.1 Å². The van der Waals surface area contributed by atoms with Gasteiger partial charge in [-0.25, -0.2) is 4.39 Å². The van der Waals surface area contributed by atoms with Crippen molar-refractivity contribution in [2.75, 3.05) is 13.1 Å². The normalized spacial score (nSPS) is 18.4. The Hall–Kier alpha value is -0.930. The van der Waals surface area contributed by atoms with Gasteiger partial charge in [-0.05, 0) is 56.0 Å². The molecule has 1 aromatic carbocycles. The van der Waals surface area contributed by atoms with Gasteiger partial charge >= 0.3 is 0 Å². The molecule has 1 aliphatic rings. The largest absolute Gasteiger partial charge is 0.324 e. The smallest absolute Gasteiger partial charge is 0.123 e. The Labute approximate surface area is 115 Å². The fraction of sp³-hybridized carbons (Fsp3) is 0.625. The van der Waals surface area contributed by atoms with E-state index in [9.17, 15) is 4.39 Å². The number of hydrogen-bond donors (Lipinski definition) is 2. The number of nitrogens with one attached hydrogen (secondary N) is 1. The van der Waals surface area contributed by atoms with Crippen LogP contribution in [0.3, 0.4) is 0 Å². The van der Waals surface area contributed by atoms with Crippen molar-refractivity contribution in [3.8, 4) is 0 Å². The highest BCUT2D eigenvalue weighted by atomic mass is 19.1. The second kappa shape index (κ2) is 7.61. The Morgan fingerprint density at radius 1 is 1.16 bits per heavy atom. The highest BCUT2D eigenvalue weighted by molar-refractivity contribution is 5.19. The van der Waals surface area contributed by atoms with Gasteiger partial charge in [-0.3, -0.25) is 0 Å². The molecule has 1 aromatic rings. The monoisotopic (exact) mass is 264 g/mol. The molecule has 2 rings (SSSR count). The number of benzene rings is 1. The van der Waals surface area contributed by atoms with Crippen molar-refractivity contribution in [2.24, 2.45) is 11.7 Å². The maximum absolute atomic E-state index is 12.8. The van der Waals surface area contributed by atoms with Gasteiger partial charge in [-0.2, -0.15) is 0 Å². The third-order valence-corrected chi connectivity index (χ3v) is 4.09. The average Bonchev–Trinajstić information content (AvgIpc) is 2.45. The van der Waals surface area contributed by atoms with E-state index in [2.05, 4.69) is 5.32 Å². The Kier molecular flexibility index (Phi) is 5.80. The molecule has 0 radical (unpaired) electrons. The van der Waals surface area contributed by atoms with E-state index in [-0.39, 0.29) is 11.9 Å². The van der Waals surface area contributed by atoms with E-state index in [1.807, 2.05) is 0 Å². The van der Waals surface area contributed by atoms with Gasteiger partial charge in [0.2, 0.25) is 0 Å². The Morgan fingerprint density at radius 3 is 2.53 bits per heavy atom. The first-order valence-electron chi connectivity index (χ1n) is 7.47. The Bertz CT molecular complexity index is 358. The summed E-state index contributed by atoms with van der Waals surface area (Å²) in [4.78, 5) is 0. The Morgan fingerprint density at radius 2 is 1.84 bits per heavy atom. The first kappa shape index (κ1) is 14.5. The van der Waals surface area contributed by atoms with Crippen molar-refractivity contribution in [1.29, 1.82) is 0 Å².